The molecule has 0 saturated carbocycles. The van der Waals surface area contributed by atoms with E-state index in [2.05, 4.69) is 32.2 Å². The lowest BCUT2D eigenvalue weighted by atomic mass is 9.68. The molecule has 2 heterocycles. The van der Waals surface area contributed by atoms with Gasteiger partial charge >= 0.3 is 0 Å². The number of amides is 3. The lowest BCUT2D eigenvalue weighted by Gasteiger charge is -2.36. The Hall–Kier alpha value is -4.56. The molecule has 1 aliphatic carbocycles. The number of aryl methyl sites for hydroxylation is 3. The molecule has 0 radical (unpaired) electrons. The average molecular weight is 584 g/mol. The molecule has 1 aliphatic heterocycles. The molecule has 2 aliphatic rings. The zero-order valence-electron chi connectivity index (χ0n) is 25.0. The van der Waals surface area contributed by atoms with Crippen LogP contribution in [0.25, 0.3) is 0 Å². The molecule has 1 aromatic heterocycles. The third kappa shape index (κ3) is 5.62. The number of nitrogens with zero attached hydrogens (tertiary/aromatic N) is 4. The molecule has 1 fully saturated rings. The maximum absolute atomic E-state index is 13.1. The predicted molar refractivity (Wildman–Crippen MR) is 158 cm³/mol. The van der Waals surface area contributed by atoms with Gasteiger partial charge in [0.1, 0.15) is 11.5 Å². The smallest absolute Gasteiger partial charge is 0.251 e. The molecule has 11 heteroatoms. The fourth-order valence-electron chi connectivity index (χ4n) is 6.52. The number of carbonyl (C=O) groups is 3. The summed E-state index contributed by atoms with van der Waals surface area (Å²) in [6.45, 7) is 4.42. The lowest BCUT2D eigenvalue weighted by molar-refractivity contribution is -0.130. The number of benzene rings is 2. The summed E-state index contributed by atoms with van der Waals surface area (Å²) in [5.74, 6) is 0.344. The third-order valence-corrected chi connectivity index (χ3v) is 8.60. The second-order valence-electron chi connectivity index (χ2n) is 11.3. The first-order valence-corrected chi connectivity index (χ1v) is 14.7. The van der Waals surface area contributed by atoms with Crippen LogP contribution in [0.1, 0.15) is 80.9 Å². The van der Waals surface area contributed by atoms with Crippen molar-refractivity contribution in [1.29, 1.82) is 5.26 Å². The van der Waals surface area contributed by atoms with Gasteiger partial charge in [0.05, 0.1) is 12.6 Å². The minimum absolute atomic E-state index is 0.0865. The van der Waals surface area contributed by atoms with E-state index in [1.54, 1.807) is 38.1 Å². The van der Waals surface area contributed by atoms with Crippen molar-refractivity contribution in [2.24, 2.45) is 0 Å². The molecule has 1 saturated heterocycles. The molecule has 224 valence electrons. The van der Waals surface area contributed by atoms with Crippen LogP contribution in [0, 0.1) is 18.3 Å². The van der Waals surface area contributed by atoms with Gasteiger partial charge in [0, 0.05) is 44.7 Å². The summed E-state index contributed by atoms with van der Waals surface area (Å²) in [5.41, 5.74) is 3.94. The second-order valence-corrected chi connectivity index (χ2v) is 11.3. The zero-order chi connectivity index (χ0) is 30.7. The molecule has 5 rings (SSSR count). The van der Waals surface area contributed by atoms with E-state index in [0.717, 1.165) is 28.7 Å². The van der Waals surface area contributed by atoms with Crippen LogP contribution >= 0.6 is 0 Å². The number of nitriles is 1. The molecule has 43 heavy (non-hydrogen) atoms. The highest BCUT2D eigenvalue weighted by atomic mass is 16.4. The van der Waals surface area contributed by atoms with Gasteiger partial charge in [-0.3, -0.25) is 14.4 Å². The van der Waals surface area contributed by atoms with Crippen LogP contribution in [0.5, 0.6) is 0 Å². The fraction of sp³-hybridized carbons (Fsp3) is 0.438. The van der Waals surface area contributed by atoms with E-state index in [1.807, 2.05) is 31.2 Å². The van der Waals surface area contributed by atoms with Crippen molar-refractivity contribution in [1.82, 2.24) is 31.0 Å². The number of hydrogen-bond donors (Lipinski definition) is 3. The Morgan fingerprint density at radius 3 is 2.16 bits per heavy atom. The van der Waals surface area contributed by atoms with Crippen molar-refractivity contribution < 1.29 is 18.8 Å². The highest BCUT2D eigenvalue weighted by Gasteiger charge is 2.46. The SMILES string of the molecule is CNC(=O)c1ccc2c(c1)CCc1cc(C(=O)NC)ccc1C2(C[C@@H](C)NCC(=O)N1CCC[C@H]1C#N)c1nnc(C)o1. The number of fused-ring (bicyclic) bond motifs is 2. The van der Waals surface area contributed by atoms with E-state index in [1.165, 1.54) is 0 Å². The Morgan fingerprint density at radius 2 is 1.65 bits per heavy atom. The van der Waals surface area contributed by atoms with Crippen LogP contribution in [0.4, 0.5) is 0 Å². The van der Waals surface area contributed by atoms with Gasteiger partial charge in [-0.25, -0.2) is 0 Å². The topological polar surface area (TPSA) is 153 Å². The normalized spacial score (nSPS) is 17.7. The Morgan fingerprint density at radius 1 is 1.05 bits per heavy atom. The molecule has 11 nitrogen and oxygen atoms in total. The van der Waals surface area contributed by atoms with Gasteiger partial charge in [0.2, 0.25) is 17.7 Å². The van der Waals surface area contributed by atoms with Crippen molar-refractivity contribution >= 4 is 17.7 Å². The lowest BCUT2D eigenvalue weighted by Crippen LogP contribution is -2.45. The van der Waals surface area contributed by atoms with Crippen molar-refractivity contribution in [3.05, 3.63) is 81.6 Å². The first kappa shape index (κ1) is 29.9. The maximum Gasteiger partial charge on any atom is 0.251 e. The quantitative estimate of drug-likeness (QED) is 0.366. The van der Waals surface area contributed by atoms with Gasteiger partial charge in [-0.1, -0.05) is 12.1 Å². The van der Waals surface area contributed by atoms with Gasteiger partial charge in [0.15, 0.2) is 0 Å². The molecule has 3 N–H and O–H groups in total. The Balaban J connectivity index is 1.62. The number of aromatic nitrogens is 2. The summed E-state index contributed by atoms with van der Waals surface area (Å²) in [6.07, 6.45) is 3.22. The van der Waals surface area contributed by atoms with Crippen molar-refractivity contribution in [2.45, 2.75) is 63.5 Å². The van der Waals surface area contributed by atoms with E-state index in [-0.39, 0.29) is 36.3 Å². The number of rotatable bonds is 8. The second kappa shape index (κ2) is 12.4. The first-order valence-electron chi connectivity index (χ1n) is 14.7. The molecule has 3 amide bonds. The minimum Gasteiger partial charge on any atom is -0.424 e. The van der Waals surface area contributed by atoms with E-state index < -0.39 is 5.41 Å². The van der Waals surface area contributed by atoms with Crippen molar-refractivity contribution in [3.63, 3.8) is 0 Å². The Kier molecular flexibility index (Phi) is 8.59. The van der Waals surface area contributed by atoms with Gasteiger partial charge < -0.3 is 25.3 Å². The third-order valence-electron chi connectivity index (χ3n) is 8.60. The summed E-state index contributed by atoms with van der Waals surface area (Å²) >= 11 is 0. The van der Waals surface area contributed by atoms with Gasteiger partial charge in [-0.05, 0) is 85.5 Å². The Labute approximate surface area is 251 Å². The van der Waals surface area contributed by atoms with Crippen LogP contribution < -0.4 is 16.0 Å². The predicted octanol–water partition coefficient (Wildman–Crippen LogP) is 2.41. The van der Waals surface area contributed by atoms with E-state index in [0.29, 0.717) is 55.1 Å². The van der Waals surface area contributed by atoms with Crippen LogP contribution in [0.2, 0.25) is 0 Å². The summed E-state index contributed by atoms with van der Waals surface area (Å²) in [4.78, 5) is 39.9. The molecule has 2 aromatic carbocycles. The highest BCUT2D eigenvalue weighted by molar-refractivity contribution is 5.95. The minimum atomic E-state index is -0.941. The number of likely N-dealkylation sites (tertiary alicyclic amines) is 1. The maximum atomic E-state index is 13.1. The molecular weight excluding hydrogens is 546 g/mol. The number of nitrogens with one attached hydrogen (secondary N) is 3. The monoisotopic (exact) mass is 583 g/mol. The van der Waals surface area contributed by atoms with E-state index >= 15 is 0 Å². The van der Waals surface area contributed by atoms with E-state index in [4.69, 9.17) is 4.42 Å². The molecule has 3 aromatic rings. The van der Waals surface area contributed by atoms with Crippen molar-refractivity contribution in [2.75, 3.05) is 27.2 Å². The van der Waals surface area contributed by atoms with Gasteiger partial charge in [-0.15, -0.1) is 10.2 Å². The molecule has 0 bridgehead atoms. The van der Waals surface area contributed by atoms with E-state index in [9.17, 15) is 19.6 Å². The van der Waals surface area contributed by atoms with Crippen LogP contribution in [-0.2, 0) is 23.1 Å². The summed E-state index contributed by atoms with van der Waals surface area (Å²) in [7, 11) is 3.20. The highest BCUT2D eigenvalue weighted by Crippen LogP contribution is 2.47. The molecule has 2 atom stereocenters. The van der Waals surface area contributed by atoms with Gasteiger partial charge in [-0.2, -0.15) is 5.26 Å². The number of carbonyl (C=O) groups excluding carboxylic acids is 3. The summed E-state index contributed by atoms with van der Waals surface area (Å²) < 4.78 is 6.21. The summed E-state index contributed by atoms with van der Waals surface area (Å²) in [5, 5.41) is 27.0. The largest absolute Gasteiger partial charge is 0.424 e. The number of hydrogen-bond acceptors (Lipinski definition) is 8. The van der Waals surface area contributed by atoms with Crippen LogP contribution in [0.15, 0.2) is 40.8 Å². The molecule has 0 unspecified atom stereocenters. The Bertz CT molecular complexity index is 1520. The first-order chi connectivity index (χ1) is 20.7. The fourth-order valence-corrected chi connectivity index (χ4v) is 6.52. The molecule has 0 spiro atoms. The van der Waals surface area contributed by atoms with Crippen molar-refractivity contribution in [3.8, 4) is 6.07 Å². The van der Waals surface area contributed by atoms with Crippen LogP contribution in [0.3, 0.4) is 0 Å². The zero-order valence-corrected chi connectivity index (χ0v) is 25.0. The summed E-state index contributed by atoms with van der Waals surface area (Å²) in [6, 6.07) is 13.0. The molecular formula is C32H37N7O4. The van der Waals surface area contributed by atoms with Gasteiger partial charge in [0.25, 0.3) is 11.8 Å². The average Bonchev–Trinajstić information content (AvgIpc) is 3.67. The van der Waals surface area contributed by atoms with Crippen LogP contribution in [-0.4, -0.2) is 72.1 Å². The standard InChI is InChI=1S/C32H37N7O4/c1-19(36-18-28(40)39-13-5-6-25(39)17-33)16-32(31-38-37-20(2)43-31)26-11-9-23(29(41)34-3)14-21(26)7-8-22-15-24(30(42)35-4)10-12-27(22)32/h9-12,14-15,19,25,36H,5-8,13,16,18H2,1-4H3,(H,34,41)(H,35,42)/t19-,25+/m1/s1.